The van der Waals surface area contributed by atoms with Gasteiger partial charge in [0.2, 0.25) is 0 Å². The molecular weight excluding hydrogens is 543 g/mol. The lowest BCUT2D eigenvalue weighted by Crippen LogP contribution is -2.43. The Kier molecular flexibility index (Phi) is 9.21. The molecule has 4 heterocycles. The van der Waals surface area contributed by atoms with Crippen LogP contribution in [0.3, 0.4) is 0 Å². The highest BCUT2D eigenvalue weighted by atomic mass is 79.9. The first-order chi connectivity index (χ1) is 17.6. The summed E-state index contributed by atoms with van der Waals surface area (Å²) >= 11 is 3.05. The van der Waals surface area contributed by atoms with Gasteiger partial charge in [0.25, 0.3) is 0 Å². The van der Waals surface area contributed by atoms with E-state index in [9.17, 15) is 9.65 Å². The molecule has 4 aromatic rings. The molecule has 10 nitrogen and oxygen atoms in total. The SMILES string of the molecule is CC(C)C[C@](C)(N)COc1cnc(-c2ccnc3ccnn23)cc1C#N.O/N=C/c1cc(Br)ncc1F. The van der Waals surface area contributed by atoms with Crippen LogP contribution in [0.2, 0.25) is 0 Å². The van der Waals surface area contributed by atoms with Crippen molar-refractivity contribution in [3.63, 3.8) is 0 Å². The molecule has 1 atom stereocenters. The lowest BCUT2D eigenvalue weighted by molar-refractivity contribution is 0.206. The molecule has 192 valence electrons. The van der Waals surface area contributed by atoms with E-state index in [1.54, 1.807) is 29.2 Å². The van der Waals surface area contributed by atoms with Crippen LogP contribution in [0.15, 0.2) is 58.8 Å². The first-order valence-corrected chi connectivity index (χ1v) is 12.0. The Morgan fingerprint density at radius 2 is 2.05 bits per heavy atom. The molecule has 0 aliphatic carbocycles. The molecule has 0 spiro atoms. The van der Waals surface area contributed by atoms with Crippen molar-refractivity contribution in [2.75, 3.05) is 6.61 Å². The maximum absolute atomic E-state index is 12.7. The van der Waals surface area contributed by atoms with E-state index in [1.165, 1.54) is 6.07 Å². The monoisotopic (exact) mass is 568 g/mol. The summed E-state index contributed by atoms with van der Waals surface area (Å²) in [5.74, 6) is 0.376. The smallest absolute Gasteiger partial charge is 0.155 e. The van der Waals surface area contributed by atoms with Gasteiger partial charge < -0.3 is 15.7 Å². The Bertz CT molecular complexity index is 1430. The van der Waals surface area contributed by atoms with Gasteiger partial charge in [-0.15, -0.1) is 0 Å². The molecule has 3 N–H and O–H groups in total. The van der Waals surface area contributed by atoms with Gasteiger partial charge in [-0.25, -0.2) is 18.9 Å². The van der Waals surface area contributed by atoms with Crippen molar-refractivity contribution in [1.82, 2.24) is 24.6 Å². The molecule has 0 aromatic carbocycles. The molecule has 4 rings (SSSR count). The summed E-state index contributed by atoms with van der Waals surface area (Å²) in [6, 6.07) is 8.90. The number of halogens is 2. The number of hydrogen-bond donors (Lipinski definition) is 2. The highest BCUT2D eigenvalue weighted by Gasteiger charge is 2.22. The quantitative estimate of drug-likeness (QED) is 0.142. The van der Waals surface area contributed by atoms with Crippen molar-refractivity contribution in [2.24, 2.45) is 16.8 Å². The van der Waals surface area contributed by atoms with Crippen LogP contribution in [0, 0.1) is 23.1 Å². The first-order valence-electron chi connectivity index (χ1n) is 11.2. The molecular formula is C25H26BrFN8O2. The number of fused-ring (bicyclic) bond motifs is 1. The third-order valence-electron chi connectivity index (χ3n) is 5.02. The van der Waals surface area contributed by atoms with E-state index in [0.29, 0.717) is 34.1 Å². The van der Waals surface area contributed by atoms with Crippen LogP contribution >= 0.6 is 15.9 Å². The predicted octanol–water partition coefficient (Wildman–Crippen LogP) is 4.60. The van der Waals surface area contributed by atoms with Crippen LogP contribution < -0.4 is 10.5 Å². The molecule has 4 aromatic heterocycles. The number of nitrogens with two attached hydrogens (primary N) is 1. The molecule has 37 heavy (non-hydrogen) atoms. The number of oxime groups is 1. The molecule has 0 aliphatic rings. The van der Waals surface area contributed by atoms with Crippen LogP contribution in [-0.2, 0) is 0 Å². The third-order valence-corrected chi connectivity index (χ3v) is 5.45. The summed E-state index contributed by atoms with van der Waals surface area (Å²) in [5.41, 5.74) is 8.52. The van der Waals surface area contributed by atoms with E-state index in [-0.39, 0.29) is 5.56 Å². The van der Waals surface area contributed by atoms with Crippen molar-refractivity contribution in [1.29, 1.82) is 5.26 Å². The summed E-state index contributed by atoms with van der Waals surface area (Å²) in [4.78, 5) is 12.3. The third kappa shape index (κ3) is 7.52. The Labute approximate surface area is 221 Å². The van der Waals surface area contributed by atoms with Crippen molar-refractivity contribution in [2.45, 2.75) is 32.7 Å². The van der Waals surface area contributed by atoms with Gasteiger partial charge in [0.1, 0.15) is 23.1 Å². The van der Waals surface area contributed by atoms with Crippen LogP contribution in [-0.4, -0.2) is 48.1 Å². The number of pyridine rings is 2. The lowest BCUT2D eigenvalue weighted by Gasteiger charge is -2.26. The van der Waals surface area contributed by atoms with Crippen LogP contribution in [0.1, 0.15) is 38.3 Å². The highest BCUT2D eigenvalue weighted by Crippen LogP contribution is 2.25. The van der Waals surface area contributed by atoms with Gasteiger partial charge in [-0.05, 0) is 53.4 Å². The standard InChI is InChI=1S/C19H22N6O.C6H4BrFN2O/c1-13(2)9-19(3,21)12-26-17-11-23-15(8-14(17)10-20)16-4-6-22-18-5-7-24-25(16)18;7-6-1-4(2-10-11)5(8)3-9-6/h4-8,11,13H,9,12,21H2,1-3H3;1-3,11H/b;10-2+/t19-;/m0./s1. The minimum atomic E-state index is -0.522. The Hall–Kier alpha value is -3.95. The summed E-state index contributed by atoms with van der Waals surface area (Å²) in [5, 5.41) is 24.6. The Balaban J connectivity index is 0.000000289. The molecule has 0 amide bonds. The van der Waals surface area contributed by atoms with Crippen molar-refractivity contribution < 1.29 is 14.3 Å². The average Bonchev–Trinajstić information content (AvgIpc) is 3.34. The molecule has 0 radical (unpaired) electrons. The number of rotatable bonds is 7. The molecule has 0 saturated carbocycles. The molecule has 12 heteroatoms. The van der Waals surface area contributed by atoms with Gasteiger partial charge in [0.15, 0.2) is 11.4 Å². The maximum Gasteiger partial charge on any atom is 0.155 e. The Morgan fingerprint density at radius 3 is 2.76 bits per heavy atom. The first kappa shape index (κ1) is 27.6. The fraction of sp³-hybridized carbons (Fsp3) is 0.280. The summed E-state index contributed by atoms with van der Waals surface area (Å²) < 4.78 is 20.7. The van der Waals surface area contributed by atoms with Crippen molar-refractivity contribution in [3.8, 4) is 23.2 Å². The van der Waals surface area contributed by atoms with E-state index < -0.39 is 11.4 Å². The van der Waals surface area contributed by atoms with Crippen LogP contribution in [0.4, 0.5) is 4.39 Å². The average molecular weight is 569 g/mol. The number of nitriles is 1. The van der Waals surface area contributed by atoms with Gasteiger partial charge in [0.05, 0.1) is 41.8 Å². The van der Waals surface area contributed by atoms with Crippen molar-refractivity contribution in [3.05, 3.63) is 70.6 Å². The number of ether oxygens (including phenoxy) is 1. The Morgan fingerprint density at radius 1 is 1.27 bits per heavy atom. The van der Waals surface area contributed by atoms with Crippen LogP contribution in [0.25, 0.3) is 17.0 Å². The van der Waals surface area contributed by atoms with Crippen molar-refractivity contribution >= 4 is 27.8 Å². The minimum Gasteiger partial charge on any atom is -0.489 e. The van der Waals surface area contributed by atoms with Crippen LogP contribution in [0.5, 0.6) is 5.75 Å². The summed E-state index contributed by atoms with van der Waals surface area (Å²) in [6.45, 7) is 6.51. The number of nitrogens with zero attached hydrogens (tertiary/aromatic N) is 7. The number of hydrogen-bond acceptors (Lipinski definition) is 9. The minimum absolute atomic E-state index is 0.189. The molecule has 0 unspecified atom stereocenters. The fourth-order valence-corrected chi connectivity index (χ4v) is 3.99. The van der Waals surface area contributed by atoms with Gasteiger partial charge >= 0.3 is 0 Å². The number of aromatic nitrogens is 5. The maximum atomic E-state index is 12.7. The van der Waals surface area contributed by atoms with E-state index in [4.69, 9.17) is 15.7 Å². The summed E-state index contributed by atoms with van der Waals surface area (Å²) in [7, 11) is 0. The van der Waals surface area contributed by atoms with E-state index in [1.807, 2.05) is 19.1 Å². The predicted molar refractivity (Wildman–Crippen MR) is 140 cm³/mol. The lowest BCUT2D eigenvalue weighted by atomic mass is 9.93. The zero-order chi connectivity index (χ0) is 27.0. The van der Waals surface area contributed by atoms with Gasteiger partial charge in [-0.2, -0.15) is 10.4 Å². The second kappa shape index (κ2) is 12.3. The molecule has 0 saturated heterocycles. The molecule has 0 fully saturated rings. The van der Waals surface area contributed by atoms with Gasteiger partial charge in [0, 0.05) is 23.4 Å². The topological polar surface area (TPSA) is 148 Å². The van der Waals surface area contributed by atoms with Gasteiger partial charge in [-0.1, -0.05) is 19.0 Å². The normalized spacial score (nSPS) is 12.7. The largest absolute Gasteiger partial charge is 0.489 e. The molecule has 0 bridgehead atoms. The zero-order valence-corrected chi connectivity index (χ0v) is 22.1. The second-order valence-electron chi connectivity index (χ2n) is 8.92. The van der Waals surface area contributed by atoms with Gasteiger partial charge in [-0.3, -0.25) is 4.98 Å². The summed E-state index contributed by atoms with van der Waals surface area (Å²) in [6.07, 6.45) is 7.80. The van der Waals surface area contributed by atoms with E-state index in [0.717, 1.165) is 30.2 Å². The fourth-order valence-electron chi connectivity index (χ4n) is 3.64. The van der Waals surface area contributed by atoms with E-state index in [2.05, 4.69) is 61.1 Å². The highest BCUT2D eigenvalue weighted by molar-refractivity contribution is 9.10. The molecule has 0 aliphatic heterocycles. The zero-order valence-electron chi connectivity index (χ0n) is 20.5. The second-order valence-corrected chi connectivity index (χ2v) is 9.74. The van der Waals surface area contributed by atoms with E-state index >= 15 is 0 Å².